The first-order valence-corrected chi connectivity index (χ1v) is 6.12. The number of pyridine rings is 1. The van der Waals surface area contributed by atoms with Crippen LogP contribution in [-0.2, 0) is 0 Å². The summed E-state index contributed by atoms with van der Waals surface area (Å²) in [5.74, 6) is -1.99. The molecule has 18 heavy (non-hydrogen) atoms. The van der Waals surface area contributed by atoms with Gasteiger partial charge in [-0.3, -0.25) is 0 Å². The van der Waals surface area contributed by atoms with Gasteiger partial charge in [-0.05, 0) is 25.5 Å². The van der Waals surface area contributed by atoms with Gasteiger partial charge in [0.1, 0.15) is 5.82 Å². The third-order valence-corrected chi connectivity index (χ3v) is 3.02. The number of halogens is 2. The van der Waals surface area contributed by atoms with Gasteiger partial charge in [-0.15, -0.1) is 0 Å². The van der Waals surface area contributed by atoms with E-state index in [1.54, 1.807) is 6.08 Å². The molecule has 0 aliphatic rings. The molecule has 0 bridgehead atoms. The number of anilines is 1. The monoisotopic (exact) mass is 254 g/mol. The maximum atomic E-state index is 13.1. The summed E-state index contributed by atoms with van der Waals surface area (Å²) in [6, 6.07) is 1.95. The van der Waals surface area contributed by atoms with Crippen LogP contribution in [0, 0.1) is 13.8 Å². The molecule has 0 aliphatic carbocycles. The van der Waals surface area contributed by atoms with Crippen molar-refractivity contribution in [3.63, 3.8) is 0 Å². The van der Waals surface area contributed by atoms with Crippen LogP contribution in [0.3, 0.4) is 0 Å². The van der Waals surface area contributed by atoms with Crippen LogP contribution in [-0.4, -0.2) is 17.5 Å². The Morgan fingerprint density at radius 2 is 2.11 bits per heavy atom. The van der Waals surface area contributed by atoms with Crippen molar-refractivity contribution in [2.24, 2.45) is 0 Å². The summed E-state index contributed by atoms with van der Waals surface area (Å²) >= 11 is 0. The topological polar surface area (TPSA) is 24.9 Å². The predicted molar refractivity (Wildman–Crippen MR) is 72.1 cm³/mol. The highest BCUT2D eigenvalue weighted by Crippen LogP contribution is 2.23. The van der Waals surface area contributed by atoms with E-state index in [4.69, 9.17) is 0 Å². The molecule has 4 heteroatoms. The summed E-state index contributed by atoms with van der Waals surface area (Å²) in [4.78, 5) is 4.36. The molecule has 2 nitrogen and oxygen atoms in total. The Morgan fingerprint density at radius 3 is 2.67 bits per heavy atom. The van der Waals surface area contributed by atoms with Crippen LogP contribution in [0.15, 0.2) is 12.6 Å². The molecule has 0 fully saturated rings. The highest BCUT2D eigenvalue weighted by molar-refractivity contribution is 5.63. The lowest BCUT2D eigenvalue weighted by Crippen LogP contribution is -2.20. The number of nitrogens with zero attached hydrogens (tertiary/aromatic N) is 1. The van der Waals surface area contributed by atoms with Crippen molar-refractivity contribution < 1.29 is 8.78 Å². The van der Waals surface area contributed by atoms with Gasteiger partial charge in [0, 0.05) is 30.6 Å². The van der Waals surface area contributed by atoms with Crippen LogP contribution in [0.5, 0.6) is 0 Å². The fraction of sp³-hybridized carbons (Fsp3) is 0.500. The van der Waals surface area contributed by atoms with Gasteiger partial charge in [0.2, 0.25) is 5.92 Å². The van der Waals surface area contributed by atoms with E-state index in [0.717, 1.165) is 16.8 Å². The van der Waals surface area contributed by atoms with Crippen molar-refractivity contribution in [3.8, 4) is 0 Å². The highest BCUT2D eigenvalue weighted by Gasteiger charge is 2.25. The molecule has 0 amide bonds. The van der Waals surface area contributed by atoms with Crippen molar-refractivity contribution in [1.82, 2.24) is 4.98 Å². The number of rotatable bonds is 6. The summed E-state index contributed by atoms with van der Waals surface area (Å²) in [6.07, 6.45) is 1.36. The molecule has 0 spiro atoms. The largest absolute Gasteiger partial charge is 0.369 e. The van der Waals surface area contributed by atoms with Crippen molar-refractivity contribution in [3.05, 3.63) is 29.5 Å². The molecular formula is C14H20F2N2. The summed E-state index contributed by atoms with van der Waals surface area (Å²) in [7, 11) is 0. The molecule has 0 saturated carbocycles. The minimum atomic E-state index is -2.61. The van der Waals surface area contributed by atoms with Gasteiger partial charge in [0.25, 0.3) is 0 Å². The van der Waals surface area contributed by atoms with E-state index in [0.29, 0.717) is 5.82 Å². The predicted octanol–water partition coefficient (Wildman–Crippen LogP) is 4.19. The smallest absolute Gasteiger partial charge is 0.249 e. The number of aromatic nitrogens is 1. The number of alkyl halides is 2. The molecule has 0 radical (unpaired) electrons. The zero-order chi connectivity index (χ0) is 13.8. The van der Waals surface area contributed by atoms with Crippen LogP contribution in [0.2, 0.25) is 0 Å². The molecule has 1 rings (SSSR count). The standard InChI is InChI=1S/C14H20F2N2/c1-5-12-9-10(3)11(4)18-13(12)17-8-7-14(15,16)6-2/h5,9H,1,6-8H2,2-4H3,(H,17,18). The van der Waals surface area contributed by atoms with E-state index in [9.17, 15) is 8.78 Å². The average molecular weight is 254 g/mol. The van der Waals surface area contributed by atoms with E-state index in [1.807, 2.05) is 19.9 Å². The van der Waals surface area contributed by atoms with E-state index in [-0.39, 0.29) is 19.4 Å². The molecular weight excluding hydrogens is 234 g/mol. The van der Waals surface area contributed by atoms with Crippen LogP contribution < -0.4 is 5.32 Å². The first kappa shape index (κ1) is 14.6. The van der Waals surface area contributed by atoms with Gasteiger partial charge < -0.3 is 5.32 Å². The van der Waals surface area contributed by atoms with E-state index >= 15 is 0 Å². The molecule has 1 aromatic heterocycles. The van der Waals surface area contributed by atoms with E-state index in [1.165, 1.54) is 6.92 Å². The van der Waals surface area contributed by atoms with Crippen LogP contribution in [0.1, 0.15) is 36.6 Å². The average Bonchev–Trinajstić information content (AvgIpc) is 2.33. The van der Waals surface area contributed by atoms with Gasteiger partial charge in [0.05, 0.1) is 0 Å². The Balaban J connectivity index is 2.73. The van der Waals surface area contributed by atoms with Gasteiger partial charge in [-0.1, -0.05) is 19.6 Å². The normalized spacial score (nSPS) is 11.4. The first-order chi connectivity index (χ1) is 8.39. The summed E-state index contributed by atoms with van der Waals surface area (Å²) in [6.45, 7) is 9.26. The minimum Gasteiger partial charge on any atom is -0.369 e. The molecule has 1 heterocycles. The first-order valence-electron chi connectivity index (χ1n) is 6.12. The Bertz CT molecular complexity index is 428. The maximum absolute atomic E-state index is 13.1. The second kappa shape index (κ2) is 5.94. The molecule has 0 aromatic carbocycles. The Hall–Kier alpha value is -1.45. The van der Waals surface area contributed by atoms with Gasteiger partial charge >= 0.3 is 0 Å². The van der Waals surface area contributed by atoms with E-state index < -0.39 is 5.92 Å². The summed E-state index contributed by atoms with van der Waals surface area (Å²) in [5, 5.41) is 2.96. The number of hydrogen-bond acceptors (Lipinski definition) is 2. The third-order valence-electron chi connectivity index (χ3n) is 3.02. The van der Waals surface area contributed by atoms with Gasteiger partial charge in [-0.2, -0.15) is 0 Å². The molecule has 0 unspecified atom stereocenters. The Labute approximate surface area is 107 Å². The third kappa shape index (κ3) is 3.79. The fourth-order valence-corrected chi connectivity index (χ4v) is 1.56. The zero-order valence-corrected chi connectivity index (χ0v) is 11.2. The summed E-state index contributed by atoms with van der Waals surface area (Å²) < 4.78 is 26.2. The number of hydrogen-bond donors (Lipinski definition) is 1. The summed E-state index contributed by atoms with van der Waals surface area (Å²) in [5.41, 5.74) is 2.80. The molecule has 0 saturated heterocycles. The second-order valence-corrected chi connectivity index (χ2v) is 4.42. The molecule has 100 valence electrons. The lowest BCUT2D eigenvalue weighted by atomic mass is 10.1. The van der Waals surface area contributed by atoms with Crippen LogP contribution >= 0.6 is 0 Å². The highest BCUT2D eigenvalue weighted by atomic mass is 19.3. The maximum Gasteiger partial charge on any atom is 0.249 e. The molecule has 1 N–H and O–H groups in total. The van der Waals surface area contributed by atoms with Crippen molar-refractivity contribution in [1.29, 1.82) is 0 Å². The molecule has 0 atom stereocenters. The van der Waals surface area contributed by atoms with E-state index in [2.05, 4.69) is 16.9 Å². The number of nitrogens with one attached hydrogen (secondary N) is 1. The second-order valence-electron chi connectivity index (χ2n) is 4.42. The Kier molecular flexibility index (Phi) is 4.82. The van der Waals surface area contributed by atoms with Crippen molar-refractivity contribution >= 4 is 11.9 Å². The molecule has 1 aromatic rings. The SMILES string of the molecule is C=Cc1cc(C)c(C)nc1NCCC(F)(F)CC. The quantitative estimate of drug-likeness (QED) is 0.823. The van der Waals surface area contributed by atoms with Crippen LogP contribution in [0.4, 0.5) is 14.6 Å². The lowest BCUT2D eigenvalue weighted by Gasteiger charge is -2.16. The molecule has 0 aliphatic heterocycles. The van der Waals surface area contributed by atoms with Crippen LogP contribution in [0.25, 0.3) is 6.08 Å². The van der Waals surface area contributed by atoms with Crippen molar-refractivity contribution in [2.45, 2.75) is 39.5 Å². The lowest BCUT2D eigenvalue weighted by molar-refractivity contribution is -0.00781. The van der Waals surface area contributed by atoms with Gasteiger partial charge in [0.15, 0.2) is 0 Å². The zero-order valence-electron chi connectivity index (χ0n) is 11.2. The Morgan fingerprint density at radius 1 is 1.44 bits per heavy atom. The minimum absolute atomic E-state index is 0.136. The number of aryl methyl sites for hydroxylation is 2. The van der Waals surface area contributed by atoms with Crippen molar-refractivity contribution in [2.75, 3.05) is 11.9 Å². The fourth-order valence-electron chi connectivity index (χ4n) is 1.56. The van der Waals surface area contributed by atoms with Gasteiger partial charge in [-0.25, -0.2) is 13.8 Å².